The molecule has 0 bridgehead atoms. The number of halogens is 1. The summed E-state index contributed by atoms with van der Waals surface area (Å²) in [7, 11) is -3.96. The number of carbonyl (C=O) groups excluding carboxylic acids is 2. The summed E-state index contributed by atoms with van der Waals surface area (Å²) in [4.78, 5) is 23.2. The summed E-state index contributed by atoms with van der Waals surface area (Å²) in [5.41, 5.74) is 5.17. The zero-order valence-electron chi connectivity index (χ0n) is 10.8. The van der Waals surface area contributed by atoms with E-state index in [0.29, 0.717) is 6.41 Å². The lowest BCUT2D eigenvalue weighted by Crippen LogP contribution is -2.39. The molecule has 9 heteroatoms. The second-order valence-electron chi connectivity index (χ2n) is 4.58. The van der Waals surface area contributed by atoms with E-state index in [4.69, 9.17) is 9.92 Å². The number of hydrogen-bond donors (Lipinski definition) is 1. The third kappa shape index (κ3) is 3.60. The first-order valence-corrected chi connectivity index (χ1v) is 8.23. The summed E-state index contributed by atoms with van der Waals surface area (Å²) >= 11 is 3.21. The van der Waals surface area contributed by atoms with E-state index in [2.05, 4.69) is 15.9 Å². The van der Waals surface area contributed by atoms with Gasteiger partial charge in [-0.25, -0.2) is 0 Å². The zero-order chi connectivity index (χ0) is 15.6. The molecule has 1 saturated heterocycles. The summed E-state index contributed by atoms with van der Waals surface area (Å²) in [6.07, 6.45) is -0.268. The van der Waals surface area contributed by atoms with E-state index in [1.807, 2.05) is 0 Å². The highest BCUT2D eigenvalue weighted by Crippen LogP contribution is 2.24. The molecule has 0 spiro atoms. The van der Waals surface area contributed by atoms with E-state index >= 15 is 0 Å². The van der Waals surface area contributed by atoms with Gasteiger partial charge < -0.3 is 10.6 Å². The van der Waals surface area contributed by atoms with Gasteiger partial charge in [-0.15, -0.1) is 0 Å². The summed E-state index contributed by atoms with van der Waals surface area (Å²) in [6, 6.07) is 5.12. The second-order valence-corrected chi connectivity index (χ2v) is 7.07. The van der Waals surface area contributed by atoms with Crippen molar-refractivity contribution in [2.45, 2.75) is 23.5 Å². The zero-order valence-corrected chi connectivity index (χ0v) is 13.2. The fourth-order valence-electron chi connectivity index (χ4n) is 2.12. The van der Waals surface area contributed by atoms with Crippen LogP contribution in [-0.4, -0.2) is 44.3 Å². The van der Waals surface area contributed by atoms with Crippen LogP contribution in [0.2, 0.25) is 0 Å². The molecule has 1 heterocycles. The molecule has 0 radical (unpaired) electrons. The van der Waals surface area contributed by atoms with Crippen LogP contribution in [0.5, 0.6) is 0 Å². The van der Waals surface area contributed by atoms with Crippen molar-refractivity contribution in [1.29, 1.82) is 0 Å². The molecule has 0 aliphatic carbocycles. The Hall–Kier alpha value is -1.45. The molecule has 1 aliphatic rings. The smallest absolute Gasteiger partial charge is 0.297 e. The van der Waals surface area contributed by atoms with Gasteiger partial charge in [0, 0.05) is 17.4 Å². The topological polar surface area (TPSA) is 107 Å². The number of amides is 2. The van der Waals surface area contributed by atoms with Crippen LogP contribution in [0, 0.1) is 0 Å². The van der Waals surface area contributed by atoms with Crippen LogP contribution in [0.1, 0.15) is 6.42 Å². The van der Waals surface area contributed by atoms with Gasteiger partial charge in [0.1, 0.15) is 6.04 Å². The first-order valence-electron chi connectivity index (χ1n) is 6.02. The molecule has 2 N–H and O–H groups in total. The number of likely N-dealkylation sites (tertiary alicyclic amines) is 1. The van der Waals surface area contributed by atoms with Crippen LogP contribution in [0.3, 0.4) is 0 Å². The Balaban J connectivity index is 2.13. The van der Waals surface area contributed by atoms with Crippen molar-refractivity contribution in [2.75, 3.05) is 6.54 Å². The molecule has 1 aliphatic heterocycles. The third-order valence-electron chi connectivity index (χ3n) is 3.13. The molecule has 2 amide bonds. The number of primary amides is 1. The quantitative estimate of drug-likeness (QED) is 0.584. The maximum Gasteiger partial charge on any atom is 0.297 e. The molecule has 114 valence electrons. The van der Waals surface area contributed by atoms with Gasteiger partial charge in [0.05, 0.1) is 11.0 Å². The maximum absolute atomic E-state index is 12.1. The Morgan fingerprint density at radius 3 is 2.48 bits per heavy atom. The van der Waals surface area contributed by atoms with Crippen molar-refractivity contribution in [1.82, 2.24) is 4.90 Å². The van der Waals surface area contributed by atoms with Gasteiger partial charge in [0.25, 0.3) is 10.1 Å². The van der Waals surface area contributed by atoms with E-state index in [1.54, 1.807) is 12.1 Å². The maximum atomic E-state index is 12.1. The molecular formula is C12H13BrN2O5S. The minimum Gasteiger partial charge on any atom is -0.368 e. The van der Waals surface area contributed by atoms with Gasteiger partial charge in [-0.05, 0) is 24.3 Å². The Bertz CT molecular complexity index is 646. The fraction of sp³-hybridized carbons (Fsp3) is 0.333. The van der Waals surface area contributed by atoms with E-state index in [9.17, 15) is 18.0 Å². The van der Waals surface area contributed by atoms with Gasteiger partial charge in [0.15, 0.2) is 0 Å². The number of carbonyl (C=O) groups is 2. The van der Waals surface area contributed by atoms with Crippen LogP contribution in [0.25, 0.3) is 0 Å². The summed E-state index contributed by atoms with van der Waals surface area (Å²) in [5, 5.41) is 0. The Morgan fingerprint density at radius 2 is 2.00 bits per heavy atom. The van der Waals surface area contributed by atoms with Crippen LogP contribution in [-0.2, 0) is 23.9 Å². The van der Waals surface area contributed by atoms with Crippen molar-refractivity contribution in [3.8, 4) is 0 Å². The molecule has 0 saturated carbocycles. The third-order valence-corrected chi connectivity index (χ3v) is 5.03. The second kappa shape index (κ2) is 6.12. The molecule has 1 aromatic carbocycles. The summed E-state index contributed by atoms with van der Waals surface area (Å²) < 4.78 is 30.0. The first-order chi connectivity index (χ1) is 9.83. The minimum atomic E-state index is -3.96. The highest BCUT2D eigenvalue weighted by Gasteiger charge is 2.38. The van der Waals surface area contributed by atoms with E-state index < -0.39 is 28.2 Å². The molecule has 2 rings (SSSR count). The molecule has 1 fully saturated rings. The predicted molar refractivity (Wildman–Crippen MR) is 76.6 cm³/mol. The minimum absolute atomic E-state index is 0.00544. The van der Waals surface area contributed by atoms with Crippen molar-refractivity contribution in [3.63, 3.8) is 0 Å². The SMILES string of the molecule is NC(=O)C1CC(OS(=O)(=O)c2ccc(Br)cc2)CN1C=O. The monoisotopic (exact) mass is 376 g/mol. The highest BCUT2D eigenvalue weighted by atomic mass is 79.9. The number of hydrogen-bond acceptors (Lipinski definition) is 5. The highest BCUT2D eigenvalue weighted by molar-refractivity contribution is 9.10. The van der Waals surface area contributed by atoms with Crippen LogP contribution in [0.4, 0.5) is 0 Å². The number of benzene rings is 1. The average molecular weight is 377 g/mol. The lowest BCUT2D eigenvalue weighted by molar-refractivity contribution is -0.128. The van der Waals surface area contributed by atoms with Crippen LogP contribution >= 0.6 is 15.9 Å². The standard InChI is InChI=1S/C12H13BrN2O5S/c13-8-1-3-10(4-2-8)21(18,19)20-9-5-11(12(14)17)15(6-9)7-16/h1-4,7,9,11H,5-6H2,(H2,14,17). The molecule has 0 aromatic heterocycles. The number of nitrogens with two attached hydrogens (primary N) is 1. The molecule has 2 unspecified atom stereocenters. The molecular weight excluding hydrogens is 364 g/mol. The fourth-order valence-corrected chi connectivity index (χ4v) is 3.47. The first kappa shape index (κ1) is 15.9. The Labute approximate surface area is 130 Å². The Kier molecular flexibility index (Phi) is 4.64. The van der Waals surface area contributed by atoms with Gasteiger partial charge >= 0.3 is 0 Å². The summed E-state index contributed by atoms with van der Waals surface area (Å²) in [5.74, 6) is -0.686. The van der Waals surface area contributed by atoms with Crippen molar-refractivity contribution in [3.05, 3.63) is 28.7 Å². The molecule has 7 nitrogen and oxygen atoms in total. The van der Waals surface area contributed by atoms with Crippen LogP contribution in [0.15, 0.2) is 33.6 Å². The van der Waals surface area contributed by atoms with E-state index in [1.165, 1.54) is 12.1 Å². The summed E-state index contributed by atoms with van der Waals surface area (Å²) in [6.45, 7) is 0.00681. The largest absolute Gasteiger partial charge is 0.368 e. The Morgan fingerprint density at radius 1 is 1.38 bits per heavy atom. The van der Waals surface area contributed by atoms with E-state index in [0.717, 1.165) is 9.37 Å². The number of rotatable bonds is 5. The van der Waals surface area contributed by atoms with Gasteiger partial charge in [-0.2, -0.15) is 8.42 Å². The van der Waals surface area contributed by atoms with Gasteiger partial charge in [0.2, 0.25) is 12.3 Å². The van der Waals surface area contributed by atoms with Gasteiger partial charge in [-0.3, -0.25) is 13.8 Å². The predicted octanol–water partition coefficient (Wildman–Crippen LogP) is 0.239. The molecule has 1 aromatic rings. The molecule has 21 heavy (non-hydrogen) atoms. The van der Waals surface area contributed by atoms with Crippen molar-refractivity contribution in [2.24, 2.45) is 5.73 Å². The van der Waals surface area contributed by atoms with Crippen LogP contribution < -0.4 is 5.73 Å². The van der Waals surface area contributed by atoms with E-state index in [-0.39, 0.29) is 17.9 Å². The van der Waals surface area contributed by atoms with Crippen molar-refractivity contribution < 1.29 is 22.2 Å². The average Bonchev–Trinajstić information content (AvgIpc) is 2.81. The van der Waals surface area contributed by atoms with Gasteiger partial charge in [-0.1, -0.05) is 15.9 Å². The van der Waals surface area contributed by atoms with Crippen molar-refractivity contribution >= 4 is 38.4 Å². The number of nitrogens with zero attached hydrogens (tertiary/aromatic N) is 1. The normalized spacial score (nSPS) is 22.2. The lowest BCUT2D eigenvalue weighted by Gasteiger charge is -2.15. The molecule has 2 atom stereocenters. The lowest BCUT2D eigenvalue weighted by atomic mass is 10.2.